The number of aliphatic hydroxyl groups is 1. The standard InChI is InChI=1S/C9H17NO3/c1-6(2)9(12)10-4-7(11)8(5-10)13-3/h6-8,11H,4-5H2,1-3H3/t7-,8-/m1/s1. The Morgan fingerprint density at radius 2 is 2.15 bits per heavy atom. The number of carbonyl (C=O) groups excluding carboxylic acids is 1. The van der Waals surface area contributed by atoms with Gasteiger partial charge in [0.05, 0.1) is 6.10 Å². The van der Waals surface area contributed by atoms with Crippen LogP contribution in [0.25, 0.3) is 0 Å². The first-order valence-corrected chi connectivity index (χ1v) is 4.56. The monoisotopic (exact) mass is 187 g/mol. The first-order valence-electron chi connectivity index (χ1n) is 4.56. The summed E-state index contributed by atoms with van der Waals surface area (Å²) >= 11 is 0. The first kappa shape index (κ1) is 10.5. The van der Waals surface area contributed by atoms with E-state index >= 15 is 0 Å². The van der Waals surface area contributed by atoms with Crippen molar-refractivity contribution in [3.05, 3.63) is 0 Å². The lowest BCUT2D eigenvalue weighted by molar-refractivity contribution is -0.133. The van der Waals surface area contributed by atoms with Crippen LogP contribution in [0.3, 0.4) is 0 Å². The Bertz CT molecular complexity index is 193. The van der Waals surface area contributed by atoms with Gasteiger partial charge in [0.15, 0.2) is 0 Å². The van der Waals surface area contributed by atoms with E-state index in [1.54, 1.807) is 12.0 Å². The van der Waals surface area contributed by atoms with E-state index in [2.05, 4.69) is 0 Å². The summed E-state index contributed by atoms with van der Waals surface area (Å²) in [5, 5.41) is 9.47. The van der Waals surface area contributed by atoms with Crippen molar-refractivity contribution in [2.45, 2.75) is 26.1 Å². The maximum atomic E-state index is 11.5. The highest BCUT2D eigenvalue weighted by Gasteiger charge is 2.34. The lowest BCUT2D eigenvalue weighted by Gasteiger charge is -2.17. The molecule has 4 heteroatoms. The molecule has 2 atom stereocenters. The number of methoxy groups -OCH3 is 1. The highest BCUT2D eigenvalue weighted by atomic mass is 16.5. The summed E-state index contributed by atoms with van der Waals surface area (Å²) in [6.07, 6.45) is -0.754. The van der Waals surface area contributed by atoms with Crippen LogP contribution < -0.4 is 0 Å². The number of likely N-dealkylation sites (tertiary alicyclic amines) is 1. The molecule has 0 radical (unpaired) electrons. The molecule has 0 saturated carbocycles. The molecule has 0 bridgehead atoms. The highest BCUT2D eigenvalue weighted by molar-refractivity contribution is 5.78. The predicted octanol–water partition coefficient (Wildman–Crippen LogP) is -0.140. The van der Waals surface area contributed by atoms with E-state index in [0.717, 1.165) is 0 Å². The summed E-state index contributed by atoms with van der Waals surface area (Å²) in [7, 11) is 1.55. The molecule has 1 saturated heterocycles. The van der Waals surface area contributed by atoms with E-state index in [4.69, 9.17) is 4.74 Å². The molecule has 0 unspecified atom stereocenters. The van der Waals surface area contributed by atoms with Crippen molar-refractivity contribution in [3.8, 4) is 0 Å². The zero-order chi connectivity index (χ0) is 10.0. The van der Waals surface area contributed by atoms with E-state index < -0.39 is 6.10 Å². The number of hydrogen-bond acceptors (Lipinski definition) is 3. The zero-order valence-electron chi connectivity index (χ0n) is 8.36. The molecular weight excluding hydrogens is 170 g/mol. The van der Waals surface area contributed by atoms with Crippen LogP contribution in [-0.4, -0.2) is 48.3 Å². The van der Waals surface area contributed by atoms with Gasteiger partial charge >= 0.3 is 0 Å². The van der Waals surface area contributed by atoms with Gasteiger partial charge in [0, 0.05) is 26.1 Å². The number of nitrogens with zero attached hydrogens (tertiary/aromatic N) is 1. The SMILES string of the molecule is CO[C@@H]1CN(C(=O)C(C)C)C[C@H]1O. The van der Waals surface area contributed by atoms with Gasteiger partial charge < -0.3 is 14.7 Å². The zero-order valence-corrected chi connectivity index (χ0v) is 8.36. The summed E-state index contributed by atoms with van der Waals surface area (Å²) in [4.78, 5) is 13.2. The summed E-state index contributed by atoms with van der Waals surface area (Å²) in [5.41, 5.74) is 0. The van der Waals surface area contributed by atoms with Crippen LogP contribution in [0.2, 0.25) is 0 Å². The highest BCUT2D eigenvalue weighted by Crippen LogP contribution is 2.15. The number of hydrogen-bond donors (Lipinski definition) is 1. The van der Waals surface area contributed by atoms with E-state index in [1.807, 2.05) is 13.8 Å². The maximum Gasteiger partial charge on any atom is 0.225 e. The van der Waals surface area contributed by atoms with Crippen molar-refractivity contribution < 1.29 is 14.6 Å². The fraction of sp³-hybridized carbons (Fsp3) is 0.889. The van der Waals surface area contributed by atoms with Gasteiger partial charge in [-0.25, -0.2) is 0 Å². The van der Waals surface area contributed by atoms with Gasteiger partial charge in [-0.3, -0.25) is 4.79 Å². The second kappa shape index (κ2) is 4.07. The van der Waals surface area contributed by atoms with Gasteiger partial charge in [-0.2, -0.15) is 0 Å². The predicted molar refractivity (Wildman–Crippen MR) is 48.2 cm³/mol. The Morgan fingerprint density at radius 1 is 1.54 bits per heavy atom. The molecule has 76 valence electrons. The number of rotatable bonds is 2. The third-order valence-electron chi connectivity index (χ3n) is 2.35. The van der Waals surface area contributed by atoms with Crippen LogP contribution in [0.1, 0.15) is 13.8 Å². The van der Waals surface area contributed by atoms with Gasteiger partial charge in [0.25, 0.3) is 0 Å². The third-order valence-corrected chi connectivity index (χ3v) is 2.35. The number of aliphatic hydroxyl groups excluding tert-OH is 1. The molecule has 0 aromatic carbocycles. The Hall–Kier alpha value is -0.610. The van der Waals surface area contributed by atoms with Crippen LogP contribution in [0, 0.1) is 5.92 Å². The normalized spacial score (nSPS) is 28.5. The molecule has 1 N–H and O–H groups in total. The average Bonchev–Trinajstić information content (AvgIpc) is 2.45. The quantitative estimate of drug-likeness (QED) is 0.654. The fourth-order valence-corrected chi connectivity index (χ4v) is 1.53. The number of ether oxygens (including phenoxy) is 1. The van der Waals surface area contributed by atoms with E-state index in [1.165, 1.54) is 0 Å². The largest absolute Gasteiger partial charge is 0.388 e. The summed E-state index contributed by atoms with van der Waals surface area (Å²) in [6.45, 7) is 4.62. The van der Waals surface area contributed by atoms with Crippen LogP contribution in [0.15, 0.2) is 0 Å². The van der Waals surface area contributed by atoms with Gasteiger partial charge in [-0.15, -0.1) is 0 Å². The molecule has 0 aromatic heterocycles. The molecule has 4 nitrogen and oxygen atoms in total. The van der Waals surface area contributed by atoms with E-state index in [-0.39, 0.29) is 17.9 Å². The van der Waals surface area contributed by atoms with Gasteiger partial charge in [-0.05, 0) is 0 Å². The Morgan fingerprint density at radius 3 is 2.54 bits per heavy atom. The van der Waals surface area contributed by atoms with Crippen molar-refractivity contribution in [2.75, 3.05) is 20.2 Å². The summed E-state index contributed by atoms with van der Waals surface area (Å²) in [5.74, 6) is 0.0707. The Kier molecular flexibility index (Phi) is 3.27. The van der Waals surface area contributed by atoms with Crippen LogP contribution >= 0.6 is 0 Å². The number of carbonyl (C=O) groups is 1. The third kappa shape index (κ3) is 2.19. The van der Waals surface area contributed by atoms with Crippen LogP contribution in [-0.2, 0) is 9.53 Å². The minimum absolute atomic E-state index is 0.0113. The van der Waals surface area contributed by atoms with Gasteiger partial charge in [0.1, 0.15) is 6.10 Å². The van der Waals surface area contributed by atoms with Gasteiger partial charge in [0.2, 0.25) is 5.91 Å². The average molecular weight is 187 g/mol. The lowest BCUT2D eigenvalue weighted by atomic mass is 10.2. The molecule has 1 aliphatic rings. The lowest BCUT2D eigenvalue weighted by Crippen LogP contribution is -2.33. The van der Waals surface area contributed by atoms with Crippen molar-refractivity contribution in [1.29, 1.82) is 0 Å². The molecule has 1 fully saturated rings. The topological polar surface area (TPSA) is 49.8 Å². The molecular formula is C9H17NO3. The Labute approximate surface area is 78.5 Å². The molecule has 1 amide bonds. The van der Waals surface area contributed by atoms with E-state index in [0.29, 0.717) is 13.1 Å². The molecule has 0 aliphatic carbocycles. The second-order valence-electron chi connectivity index (χ2n) is 3.74. The summed E-state index contributed by atoms with van der Waals surface area (Å²) in [6, 6.07) is 0. The van der Waals surface area contributed by atoms with Crippen molar-refractivity contribution in [2.24, 2.45) is 5.92 Å². The van der Waals surface area contributed by atoms with Crippen LogP contribution in [0.4, 0.5) is 0 Å². The van der Waals surface area contributed by atoms with Crippen molar-refractivity contribution in [3.63, 3.8) is 0 Å². The van der Waals surface area contributed by atoms with Crippen molar-refractivity contribution >= 4 is 5.91 Å². The second-order valence-corrected chi connectivity index (χ2v) is 3.74. The van der Waals surface area contributed by atoms with Crippen LogP contribution in [0.5, 0.6) is 0 Å². The molecule has 13 heavy (non-hydrogen) atoms. The molecule has 0 spiro atoms. The summed E-state index contributed by atoms with van der Waals surface area (Å²) < 4.78 is 5.04. The maximum absolute atomic E-state index is 11.5. The molecule has 1 rings (SSSR count). The first-order chi connectivity index (χ1) is 6.06. The molecule has 1 aliphatic heterocycles. The minimum atomic E-state index is -0.535. The van der Waals surface area contributed by atoms with Crippen molar-refractivity contribution in [1.82, 2.24) is 4.90 Å². The van der Waals surface area contributed by atoms with E-state index in [9.17, 15) is 9.90 Å². The number of amides is 1. The van der Waals surface area contributed by atoms with Gasteiger partial charge in [-0.1, -0.05) is 13.8 Å². The smallest absolute Gasteiger partial charge is 0.225 e. The Balaban J connectivity index is 2.53. The number of β-amino-alcohol motifs (C(OH)–C–C–N with tert-alkyl or cyclic N) is 1. The molecule has 0 aromatic rings. The molecule has 1 heterocycles. The fourth-order valence-electron chi connectivity index (χ4n) is 1.53. The minimum Gasteiger partial charge on any atom is -0.388 e.